The normalized spacial score (nSPS) is 23.7. The van der Waals surface area contributed by atoms with Crippen molar-refractivity contribution in [1.82, 2.24) is 9.71 Å². The molecule has 3 heterocycles. The lowest BCUT2D eigenvalue weighted by Crippen LogP contribution is -2.45. The molecule has 2 aliphatic heterocycles. The number of pyridine rings is 1. The largest absolute Gasteiger partial charge is 0.372 e. The SMILES string of the molecule is CC1CN(c2ccc(NC(=O)CN=C3NS(=O)(=O)c4ccccc43)cn2)CC(C)O1. The van der Waals surface area contributed by atoms with Gasteiger partial charge in [0.15, 0.2) is 0 Å². The second-order valence-corrected chi connectivity index (χ2v) is 9.03. The number of aliphatic imine (C=N–C) groups is 1. The second-order valence-electron chi connectivity index (χ2n) is 7.38. The molecule has 1 saturated heterocycles. The molecule has 9 nitrogen and oxygen atoms in total. The molecule has 0 radical (unpaired) electrons. The van der Waals surface area contributed by atoms with Gasteiger partial charge in [-0.05, 0) is 38.1 Å². The zero-order valence-corrected chi connectivity index (χ0v) is 17.5. The Morgan fingerprint density at radius 3 is 2.67 bits per heavy atom. The van der Waals surface area contributed by atoms with Crippen LogP contribution >= 0.6 is 0 Å². The van der Waals surface area contributed by atoms with Crippen LogP contribution in [0.5, 0.6) is 0 Å². The molecular formula is C20H23N5O4S. The maximum absolute atomic E-state index is 12.3. The summed E-state index contributed by atoms with van der Waals surface area (Å²) in [5.41, 5.74) is 1.01. The smallest absolute Gasteiger partial charge is 0.263 e. The molecule has 158 valence electrons. The molecule has 0 spiro atoms. The first-order valence-corrected chi connectivity index (χ1v) is 11.1. The van der Waals surface area contributed by atoms with E-state index in [1.54, 1.807) is 30.5 Å². The van der Waals surface area contributed by atoms with Crippen molar-refractivity contribution in [2.75, 3.05) is 29.9 Å². The molecule has 2 aromatic rings. The number of rotatable bonds is 4. The summed E-state index contributed by atoms with van der Waals surface area (Å²) in [7, 11) is -3.62. The van der Waals surface area contributed by atoms with E-state index in [1.807, 2.05) is 19.9 Å². The molecule has 1 fully saturated rings. The Morgan fingerprint density at radius 2 is 1.97 bits per heavy atom. The molecule has 30 heavy (non-hydrogen) atoms. The van der Waals surface area contributed by atoms with Crippen LogP contribution < -0.4 is 14.9 Å². The van der Waals surface area contributed by atoms with Gasteiger partial charge in [-0.2, -0.15) is 0 Å². The predicted octanol–water partition coefficient (Wildman–Crippen LogP) is 1.37. The quantitative estimate of drug-likeness (QED) is 0.759. The predicted molar refractivity (Wildman–Crippen MR) is 113 cm³/mol. The summed E-state index contributed by atoms with van der Waals surface area (Å²) >= 11 is 0. The van der Waals surface area contributed by atoms with Gasteiger partial charge in [0.2, 0.25) is 5.91 Å². The van der Waals surface area contributed by atoms with Gasteiger partial charge >= 0.3 is 0 Å². The number of fused-ring (bicyclic) bond motifs is 1. The molecule has 2 unspecified atom stereocenters. The number of carbonyl (C=O) groups excluding carboxylic acids is 1. The van der Waals surface area contributed by atoms with Gasteiger partial charge < -0.3 is 15.0 Å². The monoisotopic (exact) mass is 429 g/mol. The van der Waals surface area contributed by atoms with Crippen molar-refractivity contribution in [1.29, 1.82) is 0 Å². The summed E-state index contributed by atoms with van der Waals surface area (Å²) < 4.78 is 32.3. The molecular weight excluding hydrogens is 406 g/mol. The zero-order chi connectivity index (χ0) is 21.3. The molecule has 1 aromatic carbocycles. The van der Waals surface area contributed by atoms with Crippen molar-refractivity contribution in [3.63, 3.8) is 0 Å². The molecule has 1 amide bonds. The third kappa shape index (κ3) is 4.29. The minimum atomic E-state index is -3.62. The fourth-order valence-corrected chi connectivity index (χ4v) is 4.87. The number of carbonyl (C=O) groups is 1. The maximum Gasteiger partial charge on any atom is 0.263 e. The average molecular weight is 430 g/mol. The van der Waals surface area contributed by atoms with Crippen LogP contribution in [-0.2, 0) is 19.6 Å². The average Bonchev–Trinajstić information content (AvgIpc) is 2.97. The highest BCUT2D eigenvalue weighted by Crippen LogP contribution is 2.22. The Labute approximate surface area is 175 Å². The van der Waals surface area contributed by atoms with E-state index in [-0.39, 0.29) is 35.4 Å². The standard InChI is InChI=1S/C20H23N5O4S/c1-13-11-25(12-14(2)29-13)18-8-7-15(9-21-18)23-19(26)10-22-20-16-5-3-4-6-17(16)30(27,28)24-20/h3-9,13-14H,10-12H2,1-2H3,(H,22,24)(H,23,26). The number of morpholine rings is 1. The summed E-state index contributed by atoms with van der Waals surface area (Å²) in [5.74, 6) is 0.631. The molecule has 0 aliphatic carbocycles. The number of aromatic nitrogens is 1. The second kappa shape index (κ2) is 8.04. The van der Waals surface area contributed by atoms with E-state index in [2.05, 4.69) is 24.9 Å². The number of amidine groups is 1. The van der Waals surface area contributed by atoms with E-state index >= 15 is 0 Å². The third-order valence-electron chi connectivity index (χ3n) is 4.82. The number of ether oxygens (including phenoxy) is 1. The number of sulfonamides is 1. The molecule has 0 saturated carbocycles. The van der Waals surface area contributed by atoms with Gasteiger partial charge in [0.05, 0.1) is 29.0 Å². The van der Waals surface area contributed by atoms with Crippen molar-refractivity contribution < 1.29 is 17.9 Å². The topological polar surface area (TPSA) is 113 Å². The first kappa shape index (κ1) is 20.3. The summed E-state index contributed by atoms with van der Waals surface area (Å²) in [4.78, 5) is 23.2. The number of amides is 1. The fraction of sp³-hybridized carbons (Fsp3) is 0.350. The van der Waals surface area contributed by atoms with Crippen LogP contribution in [0.15, 0.2) is 52.5 Å². The molecule has 1 aromatic heterocycles. The van der Waals surface area contributed by atoms with E-state index in [4.69, 9.17) is 4.74 Å². The lowest BCUT2D eigenvalue weighted by atomic mass is 10.2. The van der Waals surface area contributed by atoms with Gasteiger partial charge in [-0.3, -0.25) is 14.5 Å². The summed E-state index contributed by atoms with van der Waals surface area (Å²) in [6.07, 6.45) is 1.86. The molecule has 10 heteroatoms. The molecule has 0 bridgehead atoms. The lowest BCUT2D eigenvalue weighted by molar-refractivity contribution is -0.114. The van der Waals surface area contributed by atoms with E-state index in [1.165, 1.54) is 6.07 Å². The highest BCUT2D eigenvalue weighted by atomic mass is 32.2. The minimum absolute atomic E-state index is 0.132. The molecule has 2 atom stereocenters. The number of nitrogens with zero attached hydrogens (tertiary/aromatic N) is 3. The van der Waals surface area contributed by atoms with Gasteiger partial charge in [0.1, 0.15) is 18.2 Å². The van der Waals surface area contributed by atoms with Crippen LogP contribution in [0.4, 0.5) is 11.5 Å². The summed E-state index contributed by atoms with van der Waals surface area (Å²) in [6, 6.07) is 10.2. The first-order valence-electron chi connectivity index (χ1n) is 9.65. The Morgan fingerprint density at radius 1 is 1.23 bits per heavy atom. The van der Waals surface area contributed by atoms with Crippen LogP contribution in [0, 0.1) is 0 Å². The number of hydrogen-bond acceptors (Lipinski definition) is 7. The fourth-order valence-electron chi connectivity index (χ4n) is 3.61. The number of anilines is 2. The summed E-state index contributed by atoms with van der Waals surface area (Å²) in [5, 5.41) is 2.73. The summed E-state index contributed by atoms with van der Waals surface area (Å²) in [6.45, 7) is 5.37. The molecule has 4 rings (SSSR count). The van der Waals surface area contributed by atoms with Gasteiger partial charge in [-0.15, -0.1) is 0 Å². The number of nitrogens with one attached hydrogen (secondary N) is 2. The van der Waals surface area contributed by atoms with Crippen LogP contribution in [0.3, 0.4) is 0 Å². The Bertz CT molecular complexity index is 1070. The number of benzene rings is 1. The van der Waals surface area contributed by atoms with Crippen molar-refractivity contribution in [3.05, 3.63) is 48.2 Å². The van der Waals surface area contributed by atoms with Gasteiger partial charge in [-0.1, -0.05) is 12.1 Å². The van der Waals surface area contributed by atoms with E-state index in [0.717, 1.165) is 18.9 Å². The maximum atomic E-state index is 12.3. The van der Waals surface area contributed by atoms with Crippen LogP contribution in [0.1, 0.15) is 19.4 Å². The van der Waals surface area contributed by atoms with Crippen LogP contribution in [0.2, 0.25) is 0 Å². The van der Waals surface area contributed by atoms with E-state index < -0.39 is 10.0 Å². The highest BCUT2D eigenvalue weighted by molar-refractivity contribution is 7.90. The van der Waals surface area contributed by atoms with Gasteiger partial charge in [0.25, 0.3) is 10.0 Å². The zero-order valence-electron chi connectivity index (χ0n) is 16.7. The Hall–Kier alpha value is -2.98. The van der Waals surface area contributed by atoms with E-state index in [0.29, 0.717) is 11.3 Å². The van der Waals surface area contributed by atoms with Crippen molar-refractivity contribution in [2.45, 2.75) is 31.0 Å². The van der Waals surface area contributed by atoms with Crippen molar-refractivity contribution in [2.24, 2.45) is 4.99 Å². The van der Waals surface area contributed by atoms with Crippen molar-refractivity contribution >= 4 is 33.3 Å². The Kier molecular flexibility index (Phi) is 5.44. The molecule has 2 N–H and O–H groups in total. The van der Waals surface area contributed by atoms with Crippen LogP contribution in [-0.4, -0.2) is 57.0 Å². The van der Waals surface area contributed by atoms with Gasteiger partial charge in [-0.25, -0.2) is 13.4 Å². The van der Waals surface area contributed by atoms with E-state index in [9.17, 15) is 13.2 Å². The first-order chi connectivity index (χ1) is 14.3. The van der Waals surface area contributed by atoms with Gasteiger partial charge in [0, 0.05) is 18.7 Å². The lowest BCUT2D eigenvalue weighted by Gasteiger charge is -2.36. The third-order valence-corrected chi connectivity index (χ3v) is 6.22. The highest BCUT2D eigenvalue weighted by Gasteiger charge is 2.30. The van der Waals surface area contributed by atoms with Crippen molar-refractivity contribution in [3.8, 4) is 0 Å². The minimum Gasteiger partial charge on any atom is -0.372 e. The van der Waals surface area contributed by atoms with Crippen LogP contribution in [0.25, 0.3) is 0 Å². The number of hydrogen-bond donors (Lipinski definition) is 2. The molecule has 2 aliphatic rings. The Balaban J connectivity index is 1.39.